The molecule has 2 unspecified atom stereocenters. The number of benzene rings is 1. The third-order valence-electron chi connectivity index (χ3n) is 6.48. The summed E-state index contributed by atoms with van der Waals surface area (Å²) in [5, 5.41) is 8.63. The number of rotatable bonds is 2. The molecule has 1 aromatic heterocycles. The van der Waals surface area contributed by atoms with Crippen LogP contribution in [0.25, 0.3) is 11.3 Å². The maximum absolute atomic E-state index is 13.6. The van der Waals surface area contributed by atoms with Gasteiger partial charge in [-0.2, -0.15) is 10.2 Å². The minimum Gasteiger partial charge on any atom is -0.338 e. The Kier molecular flexibility index (Phi) is 4.59. The first-order chi connectivity index (χ1) is 13.7. The van der Waals surface area contributed by atoms with Crippen molar-refractivity contribution in [3.8, 4) is 11.3 Å². The van der Waals surface area contributed by atoms with E-state index in [4.69, 9.17) is 0 Å². The second-order valence-corrected chi connectivity index (χ2v) is 8.30. The normalized spacial score (nSPS) is 24.7. The van der Waals surface area contributed by atoms with Gasteiger partial charge in [0.2, 0.25) is 5.91 Å². The first-order valence-corrected chi connectivity index (χ1v) is 10.3. The number of fused-ring (bicyclic) bond motifs is 2. The number of nitrogens with zero attached hydrogens (tertiary/aromatic N) is 4. The number of carbonyl (C=O) groups is 1. The van der Waals surface area contributed by atoms with Crippen LogP contribution in [0.5, 0.6) is 0 Å². The molecule has 4 heterocycles. The summed E-state index contributed by atoms with van der Waals surface area (Å²) in [7, 11) is 0. The van der Waals surface area contributed by atoms with Gasteiger partial charge in [0, 0.05) is 37.7 Å². The standard InChI is InChI=1S/C22H25FN4O/c23-18-5-3-4-15(10-18)21-12-16-13-27(9-7-20(16)24-25-21)22(28)17-11-19-6-1-2-8-26(19)14-17/h3-5,10,12,17,19H,1-2,6-9,11,13-14H2. The predicted molar refractivity (Wildman–Crippen MR) is 104 cm³/mol. The zero-order valence-corrected chi connectivity index (χ0v) is 16.0. The third kappa shape index (κ3) is 3.30. The molecule has 6 heteroatoms. The van der Waals surface area contributed by atoms with Gasteiger partial charge in [-0.1, -0.05) is 18.6 Å². The lowest BCUT2D eigenvalue weighted by molar-refractivity contribution is -0.136. The summed E-state index contributed by atoms with van der Waals surface area (Å²) in [5.74, 6) is 0.123. The van der Waals surface area contributed by atoms with Crippen LogP contribution in [-0.2, 0) is 17.8 Å². The lowest BCUT2D eigenvalue weighted by atomic mass is 9.97. The van der Waals surface area contributed by atoms with E-state index in [2.05, 4.69) is 15.1 Å². The highest BCUT2D eigenvalue weighted by Gasteiger charge is 2.39. The van der Waals surface area contributed by atoms with Crippen LogP contribution in [0.2, 0.25) is 0 Å². The van der Waals surface area contributed by atoms with Crippen molar-refractivity contribution >= 4 is 5.91 Å². The fourth-order valence-electron chi connectivity index (χ4n) is 5.00. The summed E-state index contributed by atoms with van der Waals surface area (Å²) in [6.45, 7) is 3.34. The van der Waals surface area contributed by atoms with Crippen LogP contribution >= 0.6 is 0 Å². The van der Waals surface area contributed by atoms with Crippen molar-refractivity contribution in [2.24, 2.45) is 5.92 Å². The van der Waals surface area contributed by atoms with E-state index in [0.29, 0.717) is 30.4 Å². The first kappa shape index (κ1) is 17.7. The van der Waals surface area contributed by atoms with Crippen molar-refractivity contribution in [1.82, 2.24) is 20.0 Å². The number of piperidine rings is 1. The van der Waals surface area contributed by atoms with Gasteiger partial charge in [-0.3, -0.25) is 9.69 Å². The molecule has 5 nitrogen and oxygen atoms in total. The highest BCUT2D eigenvalue weighted by atomic mass is 19.1. The van der Waals surface area contributed by atoms with Crippen molar-refractivity contribution in [3.05, 3.63) is 47.4 Å². The number of hydrogen-bond acceptors (Lipinski definition) is 4. The van der Waals surface area contributed by atoms with Crippen LogP contribution < -0.4 is 0 Å². The molecule has 28 heavy (non-hydrogen) atoms. The second kappa shape index (κ2) is 7.24. The van der Waals surface area contributed by atoms with Crippen LogP contribution in [0.4, 0.5) is 4.39 Å². The van der Waals surface area contributed by atoms with Gasteiger partial charge in [0.05, 0.1) is 17.3 Å². The summed E-state index contributed by atoms with van der Waals surface area (Å²) in [6, 6.07) is 8.97. The van der Waals surface area contributed by atoms with E-state index in [9.17, 15) is 9.18 Å². The molecule has 0 aliphatic carbocycles. The van der Waals surface area contributed by atoms with E-state index in [1.807, 2.05) is 17.0 Å². The van der Waals surface area contributed by atoms with Gasteiger partial charge in [0.15, 0.2) is 0 Å². The molecular weight excluding hydrogens is 355 g/mol. The molecular formula is C22H25FN4O. The van der Waals surface area contributed by atoms with Crippen molar-refractivity contribution < 1.29 is 9.18 Å². The molecule has 0 saturated carbocycles. The third-order valence-corrected chi connectivity index (χ3v) is 6.48. The Morgan fingerprint density at radius 3 is 2.93 bits per heavy atom. The Balaban J connectivity index is 1.33. The Hall–Kier alpha value is -2.34. The fourth-order valence-corrected chi connectivity index (χ4v) is 5.00. The van der Waals surface area contributed by atoms with Crippen LogP contribution in [-0.4, -0.2) is 51.6 Å². The van der Waals surface area contributed by atoms with E-state index >= 15 is 0 Å². The van der Waals surface area contributed by atoms with E-state index < -0.39 is 0 Å². The number of aromatic nitrogens is 2. The van der Waals surface area contributed by atoms with Gasteiger partial charge >= 0.3 is 0 Å². The molecule has 2 atom stereocenters. The largest absolute Gasteiger partial charge is 0.338 e. The monoisotopic (exact) mass is 380 g/mol. The summed E-state index contributed by atoms with van der Waals surface area (Å²) < 4.78 is 13.6. The summed E-state index contributed by atoms with van der Waals surface area (Å²) in [4.78, 5) is 17.7. The lowest BCUT2D eigenvalue weighted by Crippen LogP contribution is -2.41. The van der Waals surface area contributed by atoms with Crippen molar-refractivity contribution in [3.63, 3.8) is 0 Å². The molecule has 2 saturated heterocycles. The number of carbonyl (C=O) groups excluding carboxylic acids is 1. The van der Waals surface area contributed by atoms with Gasteiger partial charge in [0.25, 0.3) is 0 Å². The van der Waals surface area contributed by atoms with Crippen LogP contribution in [0.1, 0.15) is 36.9 Å². The average Bonchev–Trinajstić information content (AvgIpc) is 3.16. The van der Waals surface area contributed by atoms with Crippen LogP contribution in [0.3, 0.4) is 0 Å². The Morgan fingerprint density at radius 1 is 1.14 bits per heavy atom. The summed E-state index contributed by atoms with van der Waals surface area (Å²) in [6.07, 6.45) is 5.53. The SMILES string of the molecule is O=C(C1CC2CCCCN2C1)N1CCc2nnc(-c3cccc(F)c3)cc2C1. The minimum absolute atomic E-state index is 0.127. The molecule has 3 aliphatic rings. The smallest absolute Gasteiger partial charge is 0.227 e. The number of halogens is 1. The van der Waals surface area contributed by atoms with Crippen molar-refractivity contribution in [2.75, 3.05) is 19.6 Å². The maximum Gasteiger partial charge on any atom is 0.227 e. The van der Waals surface area contributed by atoms with Gasteiger partial charge in [-0.25, -0.2) is 4.39 Å². The van der Waals surface area contributed by atoms with Crippen molar-refractivity contribution in [1.29, 1.82) is 0 Å². The van der Waals surface area contributed by atoms with Crippen LogP contribution in [0.15, 0.2) is 30.3 Å². The highest BCUT2D eigenvalue weighted by molar-refractivity contribution is 5.80. The quantitative estimate of drug-likeness (QED) is 0.804. The summed E-state index contributed by atoms with van der Waals surface area (Å²) >= 11 is 0. The Bertz CT molecular complexity index is 888. The molecule has 3 aliphatic heterocycles. The topological polar surface area (TPSA) is 49.3 Å². The Morgan fingerprint density at radius 2 is 2.07 bits per heavy atom. The molecule has 1 amide bonds. The zero-order chi connectivity index (χ0) is 19.1. The zero-order valence-electron chi connectivity index (χ0n) is 16.0. The fraction of sp³-hybridized carbons (Fsp3) is 0.500. The number of amides is 1. The number of hydrogen-bond donors (Lipinski definition) is 0. The molecule has 0 radical (unpaired) electrons. The highest BCUT2D eigenvalue weighted by Crippen LogP contribution is 2.32. The second-order valence-electron chi connectivity index (χ2n) is 8.30. The molecule has 5 rings (SSSR count). The first-order valence-electron chi connectivity index (χ1n) is 10.3. The maximum atomic E-state index is 13.6. The van der Waals surface area contributed by atoms with Gasteiger partial charge < -0.3 is 4.90 Å². The van der Waals surface area contributed by atoms with Gasteiger partial charge in [-0.15, -0.1) is 0 Å². The van der Waals surface area contributed by atoms with E-state index in [1.54, 1.807) is 6.07 Å². The minimum atomic E-state index is -0.286. The predicted octanol–water partition coefficient (Wildman–Crippen LogP) is 3.04. The molecule has 0 bridgehead atoms. The molecule has 0 spiro atoms. The van der Waals surface area contributed by atoms with E-state index in [1.165, 1.54) is 31.4 Å². The molecule has 2 fully saturated rings. The summed E-state index contributed by atoms with van der Waals surface area (Å²) in [5.41, 5.74) is 3.36. The Labute approximate surface area is 164 Å². The molecule has 0 N–H and O–H groups in total. The van der Waals surface area contributed by atoms with Gasteiger partial charge in [0.1, 0.15) is 5.82 Å². The van der Waals surface area contributed by atoms with E-state index in [0.717, 1.165) is 37.2 Å². The lowest BCUT2D eigenvalue weighted by Gasteiger charge is -2.30. The van der Waals surface area contributed by atoms with E-state index in [-0.39, 0.29) is 17.6 Å². The molecule has 146 valence electrons. The van der Waals surface area contributed by atoms with Gasteiger partial charge in [-0.05, 0) is 49.6 Å². The molecule has 2 aromatic rings. The average molecular weight is 380 g/mol. The van der Waals surface area contributed by atoms with Crippen molar-refractivity contribution in [2.45, 2.75) is 44.7 Å². The van der Waals surface area contributed by atoms with Crippen LogP contribution in [0, 0.1) is 11.7 Å². The molecule has 1 aromatic carbocycles.